The van der Waals surface area contributed by atoms with Crippen LogP contribution in [-0.2, 0) is 0 Å². The summed E-state index contributed by atoms with van der Waals surface area (Å²) in [6.07, 6.45) is 0. The van der Waals surface area contributed by atoms with E-state index in [0.29, 0.717) is 0 Å². The fourth-order valence-corrected chi connectivity index (χ4v) is 16.0. The van der Waals surface area contributed by atoms with Gasteiger partial charge in [0, 0.05) is 48.9 Å². The summed E-state index contributed by atoms with van der Waals surface area (Å²) >= 11 is 13.9. The zero-order chi connectivity index (χ0) is 65.7. The van der Waals surface area contributed by atoms with Crippen molar-refractivity contribution in [3.05, 3.63) is 319 Å². The molecule has 0 bridgehead atoms. The van der Waals surface area contributed by atoms with Crippen LogP contribution in [-0.4, -0.2) is 41.6 Å². The average molecular weight is 2200 g/mol. The van der Waals surface area contributed by atoms with E-state index in [4.69, 9.17) is 23.2 Å². The topological polar surface area (TPSA) is 0 Å². The Morgan fingerprint density at radius 3 is 0.809 bits per heavy atom. The van der Waals surface area contributed by atoms with E-state index >= 15 is 0 Å². The van der Waals surface area contributed by atoms with Crippen LogP contribution in [0.15, 0.2) is 309 Å². The molecule has 1 heterocycles. The van der Waals surface area contributed by atoms with Crippen molar-refractivity contribution in [2.24, 2.45) is 0 Å². The van der Waals surface area contributed by atoms with Crippen LogP contribution in [0, 0.1) is 0 Å². The third-order valence-corrected chi connectivity index (χ3v) is 21.3. The second-order valence-corrected chi connectivity index (χ2v) is 34.9. The number of halogens is 19. The number of fused-ring (bicyclic) bond motifs is 3. The first-order valence-corrected chi connectivity index (χ1v) is 39.8. The van der Waals surface area contributed by atoms with Crippen LogP contribution in [0.2, 0.25) is 10.0 Å². The van der Waals surface area contributed by atoms with E-state index in [9.17, 15) is 50.4 Å². The smallest absolute Gasteiger partial charge is 0.145 e. The molecule has 0 N–H and O–H groups in total. The van der Waals surface area contributed by atoms with Gasteiger partial charge in [-0.25, -0.2) is 0 Å². The van der Waals surface area contributed by atoms with Crippen LogP contribution < -0.4 is 164 Å². The van der Waals surface area contributed by atoms with Crippen molar-refractivity contribution in [3.63, 3.8) is 0 Å². The molecule has 0 fully saturated rings. The maximum Gasteiger partial charge on any atom is 0.145 e. The van der Waals surface area contributed by atoms with Gasteiger partial charge in [0.15, 0.2) is 0 Å². The van der Waals surface area contributed by atoms with E-state index in [2.05, 4.69) is 218 Å². The molecule has 0 nitrogen and oxygen atoms in total. The van der Waals surface area contributed by atoms with Gasteiger partial charge in [0.25, 0.3) is 0 Å². The Bertz CT molecular complexity index is 3520. The Kier molecular flexibility index (Phi) is 44.0. The van der Waals surface area contributed by atoms with Gasteiger partial charge in [0.1, 0.15) is 28.5 Å². The van der Waals surface area contributed by atoms with Gasteiger partial charge in [-0.1, -0.05) is 151 Å². The molecule has 0 aliphatic carbocycles. The molecule has 1 aliphatic rings. The SMILES string of the molecule is Clc1ccc([PH2+]c2ccccc2)cc1.F[P-](F)(F)(F)(F)F.F[P-](F)(F)(F)(F)F.[AsH3+]c1ccccc1.[BiH+][c]1ccccc1.[Cl-].[I-].[I-].[I-].[I-].[PH3+]c1ccc(Cl)cc1.[PH3+]c1ccccc1.[PH3+]c1ccccc1.c1ccc([P+]2(c3ccccc3)c3ccccc3-c3ccccc32)cc1. The predicted molar refractivity (Wildman–Crippen MR) is 390 cm³/mol. The molecule has 0 saturated heterocycles. The summed E-state index contributed by atoms with van der Waals surface area (Å²) in [5.74, 6) is 0. The van der Waals surface area contributed by atoms with Gasteiger partial charge in [0.05, 0.1) is 35.1 Å². The fraction of sp³-hybridized carbons (Fsp3) is 0. The maximum atomic E-state index is 9.87. The monoisotopic (exact) mass is 2200 g/mol. The molecule has 0 aromatic heterocycles. The van der Waals surface area contributed by atoms with Crippen LogP contribution in [0.25, 0.3) is 11.1 Å². The summed E-state index contributed by atoms with van der Waals surface area (Å²) in [6.45, 7) is 0. The quantitative estimate of drug-likeness (QED) is 0.110. The Labute approximate surface area is 660 Å². The fourth-order valence-electron chi connectivity index (χ4n) is 7.78. The first-order valence-electron chi connectivity index (χ1n) is 26.5. The summed E-state index contributed by atoms with van der Waals surface area (Å²) in [6, 6.07) is 108. The average Bonchev–Trinajstić information content (AvgIpc) is 1.54. The van der Waals surface area contributed by atoms with Crippen LogP contribution in [0.5, 0.6) is 0 Å². The van der Waals surface area contributed by atoms with Crippen molar-refractivity contribution in [1.29, 1.82) is 0 Å². The molecule has 2 radical (unpaired) electrons. The molecule has 0 amide bonds. The molecule has 11 aromatic carbocycles. The van der Waals surface area contributed by atoms with Gasteiger partial charge in [-0.2, -0.15) is 0 Å². The summed E-state index contributed by atoms with van der Waals surface area (Å²) in [4.78, 5) is 0. The molecular weight excluding hydrogens is 2140 g/mol. The molecule has 94 heavy (non-hydrogen) atoms. The summed E-state index contributed by atoms with van der Waals surface area (Å²) in [7, 11) is -17.3. The Balaban J connectivity index is 0. The number of hydrogen-bond donors (Lipinski definition) is 0. The van der Waals surface area contributed by atoms with Crippen LogP contribution in [0.1, 0.15) is 0 Å². The molecule has 12 rings (SSSR count). The minimum atomic E-state index is -10.7. The van der Waals surface area contributed by atoms with Gasteiger partial charge >= 0.3 is 176 Å². The molecule has 11 aromatic rings. The third kappa shape index (κ3) is 44.2. The first kappa shape index (κ1) is 94.9. The first-order chi connectivity index (χ1) is 41.5. The number of benzene rings is 11. The molecule has 5 unspecified atom stereocenters. The van der Waals surface area contributed by atoms with Crippen LogP contribution in [0.3, 0.4) is 0 Å². The van der Waals surface area contributed by atoms with E-state index in [-0.39, 0.29) is 117 Å². The zero-order valence-electron chi connectivity index (χ0n) is 49.4. The second-order valence-electron chi connectivity index (χ2n) is 18.8. The Hall–Kier alpha value is -1.18. The van der Waals surface area contributed by atoms with E-state index in [0.717, 1.165) is 10.0 Å². The zero-order valence-corrected chi connectivity index (χ0v) is 75.2. The molecular formula is C66H66AsBiCl3F12I4P7. The molecule has 0 saturated carbocycles. The van der Waals surface area contributed by atoms with Gasteiger partial charge in [-0.15, -0.1) is 0 Å². The van der Waals surface area contributed by atoms with Gasteiger partial charge in [-0.05, 0) is 121 Å². The normalized spacial score (nSPS) is 12.3. The minimum absolute atomic E-state index is 0. The van der Waals surface area contributed by atoms with Gasteiger partial charge < -0.3 is 108 Å². The summed E-state index contributed by atoms with van der Waals surface area (Å²) in [5, 5.41) is 14.2. The van der Waals surface area contributed by atoms with Crippen molar-refractivity contribution in [3.8, 4) is 11.1 Å². The van der Waals surface area contributed by atoms with E-state index in [1.54, 1.807) is 0 Å². The summed E-state index contributed by atoms with van der Waals surface area (Å²) < 4.78 is 121. The Morgan fingerprint density at radius 2 is 0.553 bits per heavy atom. The minimum Gasteiger partial charge on any atom is -1.00 e. The molecule has 5 atom stereocenters. The molecule has 508 valence electrons. The van der Waals surface area contributed by atoms with Crippen molar-refractivity contribution in [2.45, 2.75) is 0 Å². The van der Waals surface area contributed by atoms with Crippen molar-refractivity contribution in [2.75, 3.05) is 0 Å². The van der Waals surface area contributed by atoms with Crippen LogP contribution in [0.4, 0.5) is 50.4 Å². The third-order valence-electron chi connectivity index (χ3n) is 11.3. The van der Waals surface area contributed by atoms with Crippen molar-refractivity contribution in [1.82, 2.24) is 0 Å². The van der Waals surface area contributed by atoms with Gasteiger partial charge in [0.2, 0.25) is 0 Å². The molecule has 0 spiro atoms. The van der Waals surface area contributed by atoms with Crippen molar-refractivity contribution < 1.29 is 159 Å². The largest absolute Gasteiger partial charge is 1.00 e. The van der Waals surface area contributed by atoms with Crippen LogP contribution >= 0.6 is 82.4 Å². The Morgan fingerprint density at radius 1 is 0.319 bits per heavy atom. The maximum absolute atomic E-state index is 10.7. The van der Waals surface area contributed by atoms with E-state index < -0.39 is 22.9 Å². The number of rotatable bonds is 4. The van der Waals surface area contributed by atoms with Gasteiger partial charge in [-0.3, -0.25) is 0 Å². The molecule has 28 heteroatoms. The van der Waals surface area contributed by atoms with Crippen molar-refractivity contribution >= 4 is 179 Å². The molecule has 1 aliphatic heterocycles. The van der Waals surface area contributed by atoms with E-state index in [1.807, 2.05) is 119 Å². The van der Waals surface area contributed by atoms with E-state index in [1.165, 1.54) is 108 Å². The predicted octanol–water partition coefficient (Wildman–Crippen LogP) is 2.07. The standard InChI is InChI=1S/C24H18P.C12H10ClP.C6H8As.C6H6ClP.2C6H7P.C6H5.Bi.ClH.2F6P.4HI.H/c1-3-11-19(12-4-1)25(20-13-5-2-6-14-20)23-17-9-7-15-21(23)22-16-8-10-18-24(22)25;13-10-6-8-12(9-7-10)14-11-4-2-1-3-5-11;7-6-4-2-1-3-5-6;7-5-1-3-6(8)4-2-5;2*7-6-4-2-1-3-5-6;1-2-4-6-5-3-1;;;2*1-7(2,3,4,5)6;;;;;/h1-18H;1-9,14H;1-5H,7H3;1-4H,8H2;2*1-5H,7H2;1-5H;;1H;;;4*1H;/q+1;;+1;;;;;+1;;2*-1;;;;;/p-1. The second kappa shape index (κ2) is 43.6. The summed E-state index contributed by atoms with van der Waals surface area (Å²) in [5.41, 5.74) is 2.78. The number of hydrogen-bond acceptors (Lipinski definition) is 0.